The highest BCUT2D eigenvalue weighted by molar-refractivity contribution is 5.94. The van der Waals surface area contributed by atoms with E-state index in [4.69, 9.17) is 4.74 Å². The minimum absolute atomic E-state index is 0.0698. The zero-order valence-electron chi connectivity index (χ0n) is 10.7. The van der Waals surface area contributed by atoms with Crippen LogP contribution in [0.15, 0.2) is 12.2 Å². The topological polar surface area (TPSA) is 41.6 Å². The van der Waals surface area contributed by atoms with E-state index >= 15 is 0 Å². The third-order valence-corrected chi connectivity index (χ3v) is 3.40. The molecule has 0 atom stereocenters. The molecule has 0 aliphatic carbocycles. The average molecular weight is 226 g/mol. The van der Waals surface area contributed by atoms with Gasteiger partial charge in [0.05, 0.1) is 19.3 Å². The molecule has 0 aromatic rings. The number of carbonyl (C=O) groups excluding carboxylic acids is 1. The molecule has 0 unspecified atom stereocenters. The molecule has 0 saturated carbocycles. The van der Waals surface area contributed by atoms with Gasteiger partial charge in [-0.3, -0.25) is 9.69 Å². The molecule has 0 bridgehead atoms. The molecular formula is C12H22N2O2. The maximum absolute atomic E-state index is 11.8. The standard InChI is InChI=1S/C12H22N2O2/c1-6-13-11(15)9(2)12(3,4)14(5)10-7-16-8-10/h10H,2,6-8H2,1,3-5H3,(H,13,15). The van der Waals surface area contributed by atoms with Gasteiger partial charge in [-0.15, -0.1) is 0 Å². The quantitative estimate of drug-likeness (QED) is 0.705. The van der Waals surface area contributed by atoms with Crippen LogP contribution in [0.25, 0.3) is 0 Å². The molecule has 0 spiro atoms. The summed E-state index contributed by atoms with van der Waals surface area (Å²) in [5.41, 5.74) is 0.261. The van der Waals surface area contributed by atoms with Gasteiger partial charge in [0, 0.05) is 17.7 Å². The fourth-order valence-corrected chi connectivity index (χ4v) is 1.66. The van der Waals surface area contributed by atoms with Crippen LogP contribution in [0.4, 0.5) is 0 Å². The lowest BCUT2D eigenvalue weighted by molar-refractivity contribution is -0.120. The van der Waals surface area contributed by atoms with Crippen molar-refractivity contribution in [3.8, 4) is 0 Å². The summed E-state index contributed by atoms with van der Waals surface area (Å²) in [6, 6.07) is 0.390. The zero-order valence-corrected chi connectivity index (χ0v) is 10.7. The van der Waals surface area contributed by atoms with Gasteiger partial charge < -0.3 is 10.1 Å². The highest BCUT2D eigenvalue weighted by Gasteiger charge is 2.37. The molecule has 1 aliphatic rings. The lowest BCUT2D eigenvalue weighted by atomic mass is 9.91. The summed E-state index contributed by atoms with van der Waals surface area (Å²) in [5.74, 6) is -0.0698. The van der Waals surface area contributed by atoms with Crippen LogP contribution in [0.1, 0.15) is 20.8 Å². The lowest BCUT2D eigenvalue weighted by Crippen LogP contribution is -2.57. The van der Waals surface area contributed by atoms with E-state index in [0.29, 0.717) is 18.2 Å². The summed E-state index contributed by atoms with van der Waals surface area (Å²) >= 11 is 0. The van der Waals surface area contributed by atoms with Gasteiger partial charge in [-0.05, 0) is 27.8 Å². The fraction of sp³-hybridized carbons (Fsp3) is 0.750. The molecule has 0 radical (unpaired) electrons. The van der Waals surface area contributed by atoms with Crippen LogP contribution in [0, 0.1) is 0 Å². The molecule has 1 heterocycles. The Balaban J connectivity index is 2.67. The number of amides is 1. The van der Waals surface area contributed by atoms with Gasteiger partial charge in [0.2, 0.25) is 5.91 Å². The SMILES string of the molecule is C=C(C(=O)NCC)C(C)(C)N(C)C1COC1. The summed E-state index contributed by atoms with van der Waals surface area (Å²) in [6.45, 7) is 12.0. The second kappa shape index (κ2) is 4.97. The number of nitrogens with one attached hydrogen (secondary N) is 1. The molecule has 1 aliphatic heterocycles. The predicted molar refractivity (Wildman–Crippen MR) is 64.3 cm³/mol. The van der Waals surface area contributed by atoms with Crippen molar-refractivity contribution in [2.24, 2.45) is 0 Å². The van der Waals surface area contributed by atoms with E-state index in [2.05, 4.69) is 16.8 Å². The minimum atomic E-state index is -0.340. The molecule has 1 amide bonds. The van der Waals surface area contributed by atoms with E-state index in [1.54, 1.807) is 0 Å². The number of nitrogens with zero attached hydrogens (tertiary/aromatic N) is 1. The van der Waals surface area contributed by atoms with Gasteiger partial charge in [-0.2, -0.15) is 0 Å². The van der Waals surface area contributed by atoms with Crippen molar-refractivity contribution in [1.82, 2.24) is 10.2 Å². The van der Waals surface area contributed by atoms with E-state index in [1.807, 2.05) is 27.8 Å². The third kappa shape index (κ3) is 2.44. The van der Waals surface area contributed by atoms with Crippen LogP contribution in [-0.2, 0) is 9.53 Å². The molecule has 1 rings (SSSR count). The molecule has 1 fully saturated rings. The van der Waals surface area contributed by atoms with E-state index < -0.39 is 0 Å². The second-order valence-corrected chi connectivity index (χ2v) is 4.70. The number of rotatable bonds is 5. The Morgan fingerprint density at radius 1 is 1.56 bits per heavy atom. The first-order valence-corrected chi connectivity index (χ1v) is 5.69. The Kier molecular flexibility index (Phi) is 4.10. The van der Waals surface area contributed by atoms with Crippen molar-refractivity contribution in [2.75, 3.05) is 26.8 Å². The summed E-state index contributed by atoms with van der Waals surface area (Å²) in [5, 5.41) is 2.78. The van der Waals surface area contributed by atoms with Gasteiger partial charge >= 0.3 is 0 Å². The number of hydrogen-bond donors (Lipinski definition) is 1. The molecule has 1 N–H and O–H groups in total. The Hall–Kier alpha value is -0.870. The number of carbonyl (C=O) groups is 1. The van der Waals surface area contributed by atoms with Crippen molar-refractivity contribution in [3.63, 3.8) is 0 Å². The normalized spacial score (nSPS) is 17.1. The van der Waals surface area contributed by atoms with Crippen molar-refractivity contribution in [2.45, 2.75) is 32.4 Å². The van der Waals surface area contributed by atoms with Crippen molar-refractivity contribution in [3.05, 3.63) is 12.2 Å². The summed E-state index contributed by atoms with van der Waals surface area (Å²) in [6.07, 6.45) is 0. The van der Waals surface area contributed by atoms with E-state index in [-0.39, 0.29) is 11.4 Å². The zero-order chi connectivity index (χ0) is 12.3. The number of likely N-dealkylation sites (N-methyl/N-ethyl adjacent to an activating group) is 2. The highest BCUT2D eigenvalue weighted by atomic mass is 16.5. The van der Waals surface area contributed by atoms with Crippen molar-refractivity contribution < 1.29 is 9.53 Å². The predicted octanol–water partition coefficient (Wildman–Crippen LogP) is 0.788. The maximum atomic E-state index is 11.8. The van der Waals surface area contributed by atoms with Crippen LogP contribution in [0.5, 0.6) is 0 Å². The molecule has 16 heavy (non-hydrogen) atoms. The maximum Gasteiger partial charge on any atom is 0.248 e. The summed E-state index contributed by atoms with van der Waals surface area (Å²) < 4.78 is 5.17. The largest absolute Gasteiger partial charge is 0.378 e. The smallest absolute Gasteiger partial charge is 0.248 e. The van der Waals surface area contributed by atoms with Crippen LogP contribution >= 0.6 is 0 Å². The Labute approximate surface area is 97.6 Å². The monoisotopic (exact) mass is 226 g/mol. The first-order valence-electron chi connectivity index (χ1n) is 5.69. The van der Waals surface area contributed by atoms with Crippen LogP contribution < -0.4 is 5.32 Å². The van der Waals surface area contributed by atoms with Crippen LogP contribution in [0.2, 0.25) is 0 Å². The van der Waals surface area contributed by atoms with Gasteiger partial charge in [0.25, 0.3) is 0 Å². The highest BCUT2D eigenvalue weighted by Crippen LogP contribution is 2.26. The molecule has 0 aromatic carbocycles. The van der Waals surface area contributed by atoms with Crippen molar-refractivity contribution in [1.29, 1.82) is 0 Å². The van der Waals surface area contributed by atoms with Gasteiger partial charge in [-0.25, -0.2) is 0 Å². The summed E-state index contributed by atoms with van der Waals surface area (Å²) in [4.78, 5) is 13.9. The van der Waals surface area contributed by atoms with E-state index in [9.17, 15) is 4.79 Å². The lowest BCUT2D eigenvalue weighted by Gasteiger charge is -2.45. The molecule has 0 aromatic heterocycles. The third-order valence-electron chi connectivity index (χ3n) is 3.40. The average Bonchev–Trinajstić information content (AvgIpc) is 2.14. The second-order valence-electron chi connectivity index (χ2n) is 4.70. The molecule has 92 valence electrons. The first kappa shape index (κ1) is 13.2. The minimum Gasteiger partial charge on any atom is -0.378 e. The summed E-state index contributed by atoms with van der Waals surface area (Å²) in [7, 11) is 2.01. The van der Waals surface area contributed by atoms with E-state index in [0.717, 1.165) is 13.2 Å². The van der Waals surface area contributed by atoms with Gasteiger partial charge in [0.1, 0.15) is 0 Å². The Bertz CT molecular complexity index is 283. The number of ether oxygens (including phenoxy) is 1. The van der Waals surface area contributed by atoms with Gasteiger partial charge in [-0.1, -0.05) is 6.58 Å². The first-order chi connectivity index (χ1) is 7.41. The molecule has 1 saturated heterocycles. The molecular weight excluding hydrogens is 204 g/mol. The van der Waals surface area contributed by atoms with Gasteiger partial charge in [0.15, 0.2) is 0 Å². The Morgan fingerprint density at radius 2 is 2.12 bits per heavy atom. The van der Waals surface area contributed by atoms with Crippen LogP contribution in [0.3, 0.4) is 0 Å². The van der Waals surface area contributed by atoms with Crippen molar-refractivity contribution >= 4 is 5.91 Å². The fourth-order valence-electron chi connectivity index (χ4n) is 1.66. The molecule has 4 nitrogen and oxygen atoms in total. The molecule has 4 heteroatoms. The number of hydrogen-bond acceptors (Lipinski definition) is 3. The Morgan fingerprint density at radius 3 is 2.50 bits per heavy atom. The van der Waals surface area contributed by atoms with E-state index in [1.165, 1.54) is 0 Å². The van der Waals surface area contributed by atoms with Crippen LogP contribution in [-0.4, -0.2) is 49.2 Å².